The monoisotopic (exact) mass is 487 g/mol. The normalized spacial score (nSPS) is 26.1. The highest BCUT2D eigenvalue weighted by Crippen LogP contribution is 2.43. The second-order valence-corrected chi connectivity index (χ2v) is 10.8. The molecule has 0 aliphatic heterocycles. The van der Waals surface area contributed by atoms with E-state index in [0.29, 0.717) is 29.9 Å². The molecule has 8 heteroatoms. The van der Waals surface area contributed by atoms with Crippen LogP contribution in [0.5, 0.6) is 5.88 Å². The van der Waals surface area contributed by atoms with E-state index in [2.05, 4.69) is 17.3 Å². The fourth-order valence-corrected chi connectivity index (χ4v) is 6.38. The van der Waals surface area contributed by atoms with Gasteiger partial charge in [-0.2, -0.15) is 5.10 Å². The van der Waals surface area contributed by atoms with E-state index in [9.17, 15) is 14.7 Å². The Hall–Kier alpha value is -2.51. The van der Waals surface area contributed by atoms with Crippen molar-refractivity contribution in [3.8, 4) is 5.88 Å². The minimum absolute atomic E-state index is 0.0902. The molecule has 35 heavy (non-hydrogen) atoms. The first-order chi connectivity index (χ1) is 16.9. The van der Waals surface area contributed by atoms with Crippen LogP contribution < -0.4 is 10.1 Å². The molecule has 3 atom stereocenters. The van der Waals surface area contributed by atoms with Gasteiger partial charge in [-0.15, -0.1) is 0 Å². The van der Waals surface area contributed by atoms with Crippen LogP contribution in [0.1, 0.15) is 87.9 Å². The Morgan fingerprint density at radius 2 is 1.86 bits per heavy atom. The maximum Gasteiger partial charge on any atom is 0.370 e. The minimum atomic E-state index is -1.15. The van der Waals surface area contributed by atoms with E-state index in [-0.39, 0.29) is 24.3 Å². The number of ether oxygens (including phenoxy) is 2. The third-order valence-electron chi connectivity index (χ3n) is 8.33. The molecule has 3 saturated carbocycles. The van der Waals surface area contributed by atoms with Gasteiger partial charge in [0, 0.05) is 6.04 Å². The van der Waals surface area contributed by atoms with Gasteiger partial charge in [0.2, 0.25) is 11.6 Å². The lowest BCUT2D eigenvalue weighted by molar-refractivity contribution is -0.136. The van der Waals surface area contributed by atoms with Crippen LogP contribution in [0.2, 0.25) is 0 Å². The van der Waals surface area contributed by atoms with Crippen molar-refractivity contribution in [1.29, 1.82) is 0 Å². The first-order valence-corrected chi connectivity index (χ1v) is 13.4. The lowest BCUT2D eigenvalue weighted by atomic mass is 9.66. The van der Waals surface area contributed by atoms with Crippen LogP contribution in [-0.4, -0.2) is 46.5 Å². The molecule has 2 N–H and O–H groups in total. The molecular weight excluding hydrogens is 446 g/mol. The van der Waals surface area contributed by atoms with Crippen molar-refractivity contribution in [2.24, 2.45) is 23.7 Å². The molecule has 3 aliphatic carbocycles. The first kappa shape index (κ1) is 25.6. The highest BCUT2D eigenvalue weighted by Gasteiger charge is 2.35. The molecule has 194 valence electrons. The van der Waals surface area contributed by atoms with Crippen LogP contribution in [0.15, 0.2) is 18.0 Å². The average Bonchev–Trinajstić information content (AvgIpc) is 3.26. The fraction of sp³-hybridized carbons (Fsp3) is 0.741. The SMILES string of the molecule is CO/C(=C\Cn1ncc(C(=O)NC(C)C2CC3CCCC(C3)C2)c1OCC1CCCCC1)C(=O)O. The Morgan fingerprint density at radius 3 is 2.51 bits per heavy atom. The number of hydrogen-bond donors (Lipinski definition) is 2. The van der Waals surface area contributed by atoms with Crippen molar-refractivity contribution in [2.75, 3.05) is 13.7 Å². The van der Waals surface area contributed by atoms with Gasteiger partial charge in [-0.1, -0.05) is 38.5 Å². The average molecular weight is 488 g/mol. The Bertz CT molecular complexity index is 893. The minimum Gasteiger partial charge on any atom is -0.490 e. The van der Waals surface area contributed by atoms with Crippen molar-refractivity contribution in [3.05, 3.63) is 23.6 Å². The first-order valence-electron chi connectivity index (χ1n) is 13.4. The third-order valence-corrected chi connectivity index (χ3v) is 8.33. The van der Waals surface area contributed by atoms with Crippen molar-refractivity contribution >= 4 is 11.9 Å². The van der Waals surface area contributed by atoms with Gasteiger partial charge in [-0.25, -0.2) is 9.48 Å². The summed E-state index contributed by atoms with van der Waals surface area (Å²) in [6.45, 7) is 2.80. The highest BCUT2D eigenvalue weighted by atomic mass is 16.5. The molecule has 0 radical (unpaired) electrons. The maximum atomic E-state index is 13.4. The molecule has 0 saturated heterocycles. The van der Waals surface area contributed by atoms with Gasteiger partial charge in [-0.05, 0) is 68.8 Å². The van der Waals surface area contributed by atoms with E-state index in [1.165, 1.54) is 77.2 Å². The number of aromatic nitrogens is 2. The summed E-state index contributed by atoms with van der Waals surface area (Å²) < 4.78 is 12.7. The molecule has 0 aromatic carbocycles. The molecule has 3 unspecified atom stereocenters. The zero-order valence-corrected chi connectivity index (χ0v) is 21.2. The fourth-order valence-electron chi connectivity index (χ4n) is 6.38. The Morgan fingerprint density at radius 1 is 1.14 bits per heavy atom. The van der Waals surface area contributed by atoms with Gasteiger partial charge < -0.3 is 19.9 Å². The zero-order chi connectivity index (χ0) is 24.8. The van der Waals surface area contributed by atoms with E-state index in [4.69, 9.17) is 9.47 Å². The van der Waals surface area contributed by atoms with E-state index < -0.39 is 5.97 Å². The number of carbonyl (C=O) groups excluding carboxylic acids is 1. The van der Waals surface area contributed by atoms with Gasteiger partial charge in [0.25, 0.3) is 5.91 Å². The molecule has 3 aliphatic rings. The summed E-state index contributed by atoms with van der Waals surface area (Å²) in [5.74, 6) is 1.50. The Balaban J connectivity index is 1.46. The number of hydrogen-bond acceptors (Lipinski definition) is 5. The summed E-state index contributed by atoms with van der Waals surface area (Å²) >= 11 is 0. The van der Waals surface area contributed by atoms with E-state index >= 15 is 0 Å². The van der Waals surface area contributed by atoms with Crippen LogP contribution in [0, 0.1) is 23.7 Å². The largest absolute Gasteiger partial charge is 0.490 e. The lowest BCUT2D eigenvalue weighted by Gasteiger charge is -2.41. The summed E-state index contributed by atoms with van der Waals surface area (Å²) in [4.78, 5) is 24.7. The second-order valence-electron chi connectivity index (χ2n) is 10.8. The van der Waals surface area contributed by atoms with Gasteiger partial charge in [0.1, 0.15) is 5.56 Å². The number of carbonyl (C=O) groups is 2. The van der Waals surface area contributed by atoms with Crippen LogP contribution in [0.25, 0.3) is 0 Å². The third kappa shape index (κ3) is 6.58. The lowest BCUT2D eigenvalue weighted by Crippen LogP contribution is -2.42. The number of carboxylic acids is 1. The summed E-state index contributed by atoms with van der Waals surface area (Å²) in [6, 6.07) is 0.0902. The number of fused-ring (bicyclic) bond motifs is 2. The number of allylic oxidation sites excluding steroid dienone is 1. The second kappa shape index (κ2) is 12.0. The topological polar surface area (TPSA) is 103 Å². The summed E-state index contributed by atoms with van der Waals surface area (Å²) in [5, 5.41) is 16.9. The molecule has 1 amide bonds. The predicted molar refractivity (Wildman–Crippen MR) is 132 cm³/mol. The van der Waals surface area contributed by atoms with E-state index in [1.807, 2.05) is 0 Å². The van der Waals surface area contributed by atoms with Crippen molar-refractivity contribution in [3.63, 3.8) is 0 Å². The standard InChI is InChI=1S/C27H41N3O5/c1-18(22-14-20-9-6-10-21(13-20)15-22)29-25(31)23-16-28-30(12-11-24(34-2)27(32)33)26(23)35-17-19-7-4-3-5-8-19/h11,16,18-22H,3-10,12-15,17H2,1-2H3,(H,29,31)(H,32,33)/b24-11-. The Labute approximate surface area is 208 Å². The number of amides is 1. The summed E-state index contributed by atoms with van der Waals surface area (Å²) in [5.41, 5.74) is 0.409. The predicted octanol–water partition coefficient (Wildman–Crippen LogP) is 4.79. The summed E-state index contributed by atoms with van der Waals surface area (Å²) in [7, 11) is 1.32. The van der Waals surface area contributed by atoms with Gasteiger partial charge >= 0.3 is 5.97 Å². The maximum absolute atomic E-state index is 13.4. The van der Waals surface area contributed by atoms with Gasteiger partial charge in [0.15, 0.2) is 0 Å². The molecular formula is C27H41N3O5. The van der Waals surface area contributed by atoms with Crippen molar-refractivity contribution < 1.29 is 24.2 Å². The molecule has 4 rings (SSSR count). The summed E-state index contributed by atoms with van der Waals surface area (Å²) in [6.07, 6.45) is 16.7. The van der Waals surface area contributed by atoms with Crippen LogP contribution in [0.4, 0.5) is 0 Å². The zero-order valence-electron chi connectivity index (χ0n) is 21.2. The number of nitrogens with zero attached hydrogens (tertiary/aromatic N) is 2. The molecule has 2 bridgehead atoms. The smallest absolute Gasteiger partial charge is 0.370 e. The Kier molecular flexibility index (Phi) is 8.74. The number of methoxy groups -OCH3 is 1. The number of rotatable bonds is 10. The number of aliphatic carboxylic acids is 1. The quantitative estimate of drug-likeness (QED) is 0.363. The molecule has 1 heterocycles. The number of nitrogens with one attached hydrogen (secondary N) is 1. The van der Waals surface area contributed by atoms with Crippen LogP contribution >= 0.6 is 0 Å². The van der Waals surface area contributed by atoms with E-state index in [0.717, 1.165) is 24.7 Å². The molecule has 1 aromatic rings. The molecule has 8 nitrogen and oxygen atoms in total. The number of carboxylic acid groups (broad SMARTS) is 1. The highest BCUT2D eigenvalue weighted by molar-refractivity contribution is 5.96. The van der Waals surface area contributed by atoms with Gasteiger partial charge in [-0.3, -0.25) is 4.79 Å². The molecule has 3 fully saturated rings. The molecule has 1 aromatic heterocycles. The van der Waals surface area contributed by atoms with Crippen molar-refractivity contribution in [1.82, 2.24) is 15.1 Å². The molecule has 0 spiro atoms. The van der Waals surface area contributed by atoms with Gasteiger partial charge in [0.05, 0.1) is 26.5 Å². The van der Waals surface area contributed by atoms with Crippen LogP contribution in [0.3, 0.4) is 0 Å². The van der Waals surface area contributed by atoms with Crippen molar-refractivity contribution in [2.45, 2.75) is 90.1 Å². The van der Waals surface area contributed by atoms with E-state index in [1.54, 1.807) is 4.68 Å². The van der Waals surface area contributed by atoms with Crippen LogP contribution in [-0.2, 0) is 16.1 Å².